The first-order valence-corrected chi connectivity index (χ1v) is 10.3. The van der Waals surface area contributed by atoms with E-state index in [4.69, 9.17) is 4.74 Å². The molecule has 0 radical (unpaired) electrons. The third kappa shape index (κ3) is 5.32. The van der Waals surface area contributed by atoms with Crippen LogP contribution in [0.25, 0.3) is 10.8 Å². The van der Waals surface area contributed by atoms with Crippen molar-refractivity contribution in [2.45, 2.75) is 47.0 Å². The average molecular weight is 463 g/mol. The normalized spacial score (nSPS) is 11.9. The highest BCUT2D eigenvalue weighted by atomic mass is 19.4. The van der Waals surface area contributed by atoms with Crippen LogP contribution in [-0.4, -0.2) is 38.9 Å². The zero-order valence-electron chi connectivity index (χ0n) is 18.7. The maximum absolute atomic E-state index is 12.8. The van der Waals surface area contributed by atoms with Crippen molar-refractivity contribution in [3.05, 3.63) is 63.3 Å². The largest absolute Gasteiger partial charge is 0.452 e. The van der Waals surface area contributed by atoms with Gasteiger partial charge in [0.1, 0.15) is 6.54 Å². The van der Waals surface area contributed by atoms with Gasteiger partial charge in [-0.25, -0.2) is 9.48 Å². The molecule has 2 heterocycles. The summed E-state index contributed by atoms with van der Waals surface area (Å²) >= 11 is 0. The first-order chi connectivity index (χ1) is 15.4. The second-order valence-electron chi connectivity index (χ2n) is 8.26. The average Bonchev–Trinajstić information content (AvgIpc) is 3.00. The van der Waals surface area contributed by atoms with Crippen LogP contribution in [0.1, 0.15) is 46.1 Å². The number of Topliss-reactive ketones (excluding diaryl/α,β-unsaturated/α-hetero) is 1. The lowest BCUT2D eigenvalue weighted by Gasteiger charge is -2.13. The van der Waals surface area contributed by atoms with E-state index in [9.17, 15) is 27.6 Å². The topological polar surface area (TPSA) is 83.2 Å². The molecule has 176 valence electrons. The Kier molecular flexibility index (Phi) is 6.76. The molecule has 0 N–H and O–H groups in total. The molecule has 2 aromatic heterocycles. The third-order valence-corrected chi connectivity index (χ3v) is 5.14. The van der Waals surface area contributed by atoms with Crippen LogP contribution in [0.2, 0.25) is 0 Å². The number of carbonyl (C=O) groups excluding carboxylic acids is 2. The minimum atomic E-state index is -4.44. The van der Waals surface area contributed by atoms with E-state index in [2.05, 4.69) is 5.10 Å². The van der Waals surface area contributed by atoms with Crippen molar-refractivity contribution >= 4 is 22.5 Å². The number of halogens is 3. The van der Waals surface area contributed by atoms with Crippen LogP contribution in [0.3, 0.4) is 0 Å². The van der Waals surface area contributed by atoms with Gasteiger partial charge in [0.25, 0.3) is 5.56 Å². The van der Waals surface area contributed by atoms with Gasteiger partial charge in [-0.1, -0.05) is 32.0 Å². The molecule has 0 aliphatic carbocycles. The fraction of sp³-hybridized carbons (Fsp3) is 0.391. The van der Waals surface area contributed by atoms with Gasteiger partial charge in [0, 0.05) is 28.9 Å². The third-order valence-electron chi connectivity index (χ3n) is 5.14. The van der Waals surface area contributed by atoms with Gasteiger partial charge in [-0.05, 0) is 31.9 Å². The van der Waals surface area contributed by atoms with Crippen LogP contribution in [0, 0.1) is 19.8 Å². The van der Waals surface area contributed by atoms with Gasteiger partial charge in [0.2, 0.25) is 5.78 Å². The number of aromatic nitrogens is 3. The minimum Gasteiger partial charge on any atom is -0.452 e. The molecule has 0 saturated heterocycles. The van der Waals surface area contributed by atoms with E-state index >= 15 is 0 Å². The summed E-state index contributed by atoms with van der Waals surface area (Å²) in [6, 6.07) is 7.79. The van der Waals surface area contributed by atoms with E-state index in [1.165, 1.54) is 24.6 Å². The SMILES string of the molecule is Cc1cc(C(=O)COC(=O)c2nn(CC(C)C)c(=O)c3ccccc23)c(C)n1CC(F)(F)F. The zero-order chi connectivity index (χ0) is 24.5. The first kappa shape index (κ1) is 24.2. The van der Waals surface area contributed by atoms with Crippen molar-refractivity contribution in [1.82, 2.24) is 14.3 Å². The summed E-state index contributed by atoms with van der Waals surface area (Å²) in [5.41, 5.74) is 0.00484. The summed E-state index contributed by atoms with van der Waals surface area (Å²) in [5, 5.41) is 4.74. The molecular weight excluding hydrogens is 439 g/mol. The van der Waals surface area contributed by atoms with Crippen LogP contribution in [0.15, 0.2) is 35.1 Å². The number of nitrogens with zero attached hydrogens (tertiary/aromatic N) is 3. The Labute approximate surface area is 187 Å². The second-order valence-corrected chi connectivity index (χ2v) is 8.26. The molecule has 0 amide bonds. The van der Waals surface area contributed by atoms with Gasteiger partial charge >= 0.3 is 12.1 Å². The monoisotopic (exact) mass is 463 g/mol. The molecule has 0 saturated carbocycles. The molecule has 0 fully saturated rings. The van der Waals surface area contributed by atoms with E-state index < -0.39 is 31.1 Å². The highest BCUT2D eigenvalue weighted by Crippen LogP contribution is 2.23. The number of rotatable bonds is 7. The summed E-state index contributed by atoms with van der Waals surface area (Å²) in [5.74, 6) is -1.44. The maximum Gasteiger partial charge on any atom is 0.406 e. The Morgan fingerprint density at radius 3 is 2.36 bits per heavy atom. The number of hydrogen-bond donors (Lipinski definition) is 0. The van der Waals surface area contributed by atoms with Gasteiger partial charge in [0.15, 0.2) is 12.3 Å². The van der Waals surface area contributed by atoms with Crippen molar-refractivity contribution in [1.29, 1.82) is 0 Å². The Morgan fingerprint density at radius 1 is 1.12 bits per heavy atom. The van der Waals surface area contributed by atoms with E-state index in [1.54, 1.807) is 24.3 Å². The number of carbonyl (C=O) groups is 2. The van der Waals surface area contributed by atoms with Gasteiger partial charge in [-0.15, -0.1) is 0 Å². The molecule has 0 atom stereocenters. The molecule has 3 aromatic rings. The molecular formula is C23H24F3N3O4. The molecule has 33 heavy (non-hydrogen) atoms. The van der Waals surface area contributed by atoms with Gasteiger partial charge in [-0.2, -0.15) is 18.3 Å². The van der Waals surface area contributed by atoms with Crippen molar-refractivity contribution in [2.24, 2.45) is 5.92 Å². The lowest BCUT2D eigenvalue weighted by atomic mass is 10.1. The van der Waals surface area contributed by atoms with Gasteiger partial charge < -0.3 is 9.30 Å². The number of alkyl halides is 3. The Bertz CT molecular complexity index is 1270. The van der Waals surface area contributed by atoms with Crippen molar-refractivity contribution in [3.63, 3.8) is 0 Å². The van der Waals surface area contributed by atoms with Crippen LogP contribution in [0.5, 0.6) is 0 Å². The predicted molar refractivity (Wildman–Crippen MR) is 115 cm³/mol. The molecule has 10 heteroatoms. The number of esters is 1. The quantitative estimate of drug-likeness (QED) is 0.390. The molecule has 0 spiro atoms. The first-order valence-electron chi connectivity index (χ1n) is 10.3. The van der Waals surface area contributed by atoms with E-state index in [1.807, 2.05) is 13.8 Å². The van der Waals surface area contributed by atoms with Crippen LogP contribution >= 0.6 is 0 Å². The molecule has 1 aromatic carbocycles. The summed E-state index contributed by atoms with van der Waals surface area (Å²) < 4.78 is 45.8. The number of ketones is 1. The highest BCUT2D eigenvalue weighted by molar-refractivity contribution is 6.04. The van der Waals surface area contributed by atoms with E-state index in [-0.39, 0.29) is 40.7 Å². The molecule has 0 unspecified atom stereocenters. The Morgan fingerprint density at radius 2 is 1.76 bits per heavy atom. The van der Waals surface area contributed by atoms with Gasteiger partial charge in [-0.3, -0.25) is 9.59 Å². The number of hydrogen-bond acceptors (Lipinski definition) is 5. The molecule has 0 bridgehead atoms. The molecule has 3 rings (SSSR count). The van der Waals surface area contributed by atoms with Crippen LogP contribution < -0.4 is 5.56 Å². The number of fused-ring (bicyclic) bond motifs is 1. The van der Waals surface area contributed by atoms with Crippen molar-refractivity contribution in [2.75, 3.05) is 6.61 Å². The number of aryl methyl sites for hydroxylation is 1. The van der Waals surface area contributed by atoms with E-state index in [0.29, 0.717) is 10.8 Å². The molecule has 7 nitrogen and oxygen atoms in total. The summed E-state index contributed by atoms with van der Waals surface area (Å²) in [6.07, 6.45) is -4.44. The summed E-state index contributed by atoms with van der Waals surface area (Å²) in [6.45, 7) is 5.07. The van der Waals surface area contributed by atoms with Crippen LogP contribution in [0.4, 0.5) is 13.2 Å². The number of benzene rings is 1. The molecule has 0 aliphatic heterocycles. The molecule has 0 aliphatic rings. The maximum atomic E-state index is 12.8. The zero-order valence-corrected chi connectivity index (χ0v) is 18.7. The lowest BCUT2D eigenvalue weighted by molar-refractivity contribution is -0.141. The van der Waals surface area contributed by atoms with Crippen LogP contribution in [-0.2, 0) is 17.8 Å². The smallest absolute Gasteiger partial charge is 0.406 e. The standard InChI is InChI=1S/C23H24F3N3O4/c1-13(2)10-29-21(31)17-8-6-5-7-16(17)20(27-29)22(32)33-11-19(30)18-9-14(3)28(15(18)4)12-23(24,25)26/h5-9,13H,10-12H2,1-4H3. The minimum absolute atomic E-state index is 0.0483. The second kappa shape index (κ2) is 9.21. The van der Waals surface area contributed by atoms with Gasteiger partial charge in [0.05, 0.1) is 5.39 Å². The van der Waals surface area contributed by atoms with Crippen molar-refractivity contribution in [3.8, 4) is 0 Å². The Hall–Kier alpha value is -3.43. The fourth-order valence-corrected chi connectivity index (χ4v) is 3.64. The number of ether oxygens (including phenoxy) is 1. The van der Waals surface area contributed by atoms with E-state index in [0.717, 1.165) is 4.57 Å². The summed E-state index contributed by atoms with van der Waals surface area (Å²) in [7, 11) is 0. The fourth-order valence-electron chi connectivity index (χ4n) is 3.64. The lowest BCUT2D eigenvalue weighted by Crippen LogP contribution is -2.28. The summed E-state index contributed by atoms with van der Waals surface area (Å²) in [4.78, 5) is 38.1. The Balaban J connectivity index is 1.86. The van der Waals surface area contributed by atoms with Crippen molar-refractivity contribution < 1.29 is 27.5 Å². The predicted octanol–water partition coefficient (Wildman–Crippen LogP) is 4.07. The highest BCUT2D eigenvalue weighted by Gasteiger charge is 2.30.